The molecule has 0 spiro atoms. The molecule has 1 aromatic carbocycles. The lowest BCUT2D eigenvalue weighted by Crippen LogP contribution is -2.09. The van der Waals surface area contributed by atoms with Gasteiger partial charge in [0.15, 0.2) is 0 Å². The maximum Gasteiger partial charge on any atom is 0.368 e. The molecule has 0 saturated carbocycles. The lowest BCUT2D eigenvalue weighted by Gasteiger charge is -2.01. The van der Waals surface area contributed by atoms with E-state index in [0.29, 0.717) is 5.76 Å². The Hall–Kier alpha value is -3.22. The van der Waals surface area contributed by atoms with E-state index in [2.05, 4.69) is 9.99 Å². The Bertz CT molecular complexity index is 774. The molecule has 7 nitrogen and oxygen atoms in total. The third-order valence-electron chi connectivity index (χ3n) is 2.88. The van der Waals surface area contributed by atoms with Gasteiger partial charge in [0.25, 0.3) is 5.69 Å². The third kappa shape index (κ3) is 2.32. The largest absolute Gasteiger partial charge is 0.465 e. The van der Waals surface area contributed by atoms with Crippen molar-refractivity contribution in [2.45, 2.75) is 0 Å². The Balaban J connectivity index is 2.10. The molecule has 2 heterocycles. The minimum Gasteiger partial charge on any atom is -0.465 e. The molecule has 1 aliphatic rings. The molecule has 0 amide bonds. The van der Waals surface area contributed by atoms with Gasteiger partial charge < -0.3 is 9.25 Å². The second-order valence-electron chi connectivity index (χ2n) is 4.17. The first-order valence-corrected chi connectivity index (χ1v) is 5.95. The van der Waals surface area contributed by atoms with Crippen LogP contribution in [-0.4, -0.2) is 16.6 Å². The first-order chi connectivity index (χ1) is 10.2. The second-order valence-corrected chi connectivity index (χ2v) is 4.17. The number of benzene rings is 1. The second kappa shape index (κ2) is 5.04. The van der Waals surface area contributed by atoms with Crippen LogP contribution in [0.25, 0.3) is 6.08 Å². The van der Waals surface area contributed by atoms with Gasteiger partial charge >= 0.3 is 5.97 Å². The van der Waals surface area contributed by atoms with Crippen LogP contribution >= 0.6 is 0 Å². The molecule has 1 aliphatic heterocycles. The van der Waals surface area contributed by atoms with Crippen molar-refractivity contribution in [2.75, 3.05) is 0 Å². The van der Waals surface area contributed by atoms with E-state index >= 15 is 0 Å². The van der Waals surface area contributed by atoms with Gasteiger partial charge in [-0.3, -0.25) is 10.1 Å². The van der Waals surface area contributed by atoms with Crippen molar-refractivity contribution in [3.05, 3.63) is 69.7 Å². The fraction of sp³-hybridized carbons (Fsp3) is 0. The lowest BCUT2D eigenvalue weighted by molar-refractivity contribution is -0.385. The Labute approximate surface area is 118 Å². The van der Waals surface area contributed by atoms with Gasteiger partial charge in [0, 0.05) is 6.07 Å². The monoisotopic (exact) mass is 284 g/mol. The van der Waals surface area contributed by atoms with E-state index in [1.54, 1.807) is 18.2 Å². The number of rotatable bonds is 3. The average molecular weight is 284 g/mol. The van der Waals surface area contributed by atoms with Crippen molar-refractivity contribution in [3.8, 4) is 0 Å². The van der Waals surface area contributed by atoms with Crippen LogP contribution in [0.2, 0.25) is 0 Å². The normalized spacial score (nSPS) is 15.9. The van der Waals surface area contributed by atoms with Gasteiger partial charge in [-0.15, -0.1) is 0 Å². The quantitative estimate of drug-likeness (QED) is 0.373. The van der Waals surface area contributed by atoms with Crippen molar-refractivity contribution in [2.24, 2.45) is 5.16 Å². The Kier molecular flexibility index (Phi) is 3.07. The van der Waals surface area contributed by atoms with Crippen LogP contribution in [0.4, 0.5) is 5.69 Å². The third-order valence-corrected chi connectivity index (χ3v) is 2.88. The SMILES string of the molecule is O=C1ON=C(c2ccccc2[N+](=O)[O-])C1=Cc1ccco1. The van der Waals surface area contributed by atoms with Crippen LogP contribution in [0.5, 0.6) is 0 Å². The summed E-state index contributed by atoms with van der Waals surface area (Å²) in [4.78, 5) is 26.9. The molecule has 0 radical (unpaired) electrons. The number of para-hydroxylation sites is 1. The fourth-order valence-electron chi connectivity index (χ4n) is 1.95. The van der Waals surface area contributed by atoms with E-state index in [1.807, 2.05) is 0 Å². The summed E-state index contributed by atoms with van der Waals surface area (Å²) in [5.41, 5.74) is 0.286. The van der Waals surface area contributed by atoms with E-state index in [9.17, 15) is 14.9 Å². The summed E-state index contributed by atoms with van der Waals surface area (Å²) < 4.78 is 5.13. The Morgan fingerprint density at radius 3 is 2.71 bits per heavy atom. The number of nitro benzene ring substituents is 1. The van der Waals surface area contributed by atoms with Crippen LogP contribution < -0.4 is 0 Å². The number of nitro groups is 1. The minimum absolute atomic E-state index is 0.110. The van der Waals surface area contributed by atoms with Crippen molar-refractivity contribution in [1.82, 2.24) is 0 Å². The summed E-state index contributed by atoms with van der Waals surface area (Å²) in [6, 6.07) is 9.32. The minimum atomic E-state index is -0.681. The Morgan fingerprint density at radius 1 is 1.19 bits per heavy atom. The molecule has 0 bridgehead atoms. The highest BCUT2D eigenvalue weighted by Crippen LogP contribution is 2.26. The lowest BCUT2D eigenvalue weighted by atomic mass is 10.0. The van der Waals surface area contributed by atoms with Crippen LogP contribution in [-0.2, 0) is 9.63 Å². The average Bonchev–Trinajstić information content (AvgIpc) is 3.11. The highest BCUT2D eigenvalue weighted by Gasteiger charge is 2.31. The predicted molar refractivity (Wildman–Crippen MR) is 72.4 cm³/mol. The van der Waals surface area contributed by atoms with Crippen LogP contribution in [0.1, 0.15) is 11.3 Å². The maximum absolute atomic E-state index is 11.7. The van der Waals surface area contributed by atoms with Gasteiger partial charge in [-0.25, -0.2) is 4.79 Å². The molecule has 2 aromatic rings. The van der Waals surface area contributed by atoms with Crippen LogP contribution in [0.15, 0.2) is 57.8 Å². The molecule has 0 N–H and O–H groups in total. The number of carbonyl (C=O) groups excluding carboxylic acids is 1. The molecule has 0 unspecified atom stereocenters. The number of furan rings is 1. The highest BCUT2D eigenvalue weighted by atomic mass is 16.7. The zero-order valence-corrected chi connectivity index (χ0v) is 10.6. The summed E-state index contributed by atoms with van der Waals surface area (Å²) in [6.45, 7) is 0. The molecule has 104 valence electrons. The van der Waals surface area contributed by atoms with Gasteiger partial charge in [0.1, 0.15) is 11.5 Å². The van der Waals surface area contributed by atoms with Gasteiger partial charge in [-0.05, 0) is 24.3 Å². The van der Waals surface area contributed by atoms with E-state index in [0.717, 1.165) is 0 Å². The van der Waals surface area contributed by atoms with Crippen molar-refractivity contribution >= 4 is 23.4 Å². The van der Waals surface area contributed by atoms with E-state index in [1.165, 1.54) is 30.5 Å². The summed E-state index contributed by atoms with van der Waals surface area (Å²) in [5.74, 6) is -0.255. The summed E-state index contributed by atoms with van der Waals surface area (Å²) >= 11 is 0. The number of hydrogen-bond donors (Lipinski definition) is 0. The molecule has 0 atom stereocenters. The predicted octanol–water partition coefficient (Wildman–Crippen LogP) is 2.53. The molecule has 3 rings (SSSR count). The van der Waals surface area contributed by atoms with Crippen molar-refractivity contribution in [1.29, 1.82) is 0 Å². The van der Waals surface area contributed by atoms with Gasteiger partial charge in [-0.2, -0.15) is 0 Å². The first kappa shape index (κ1) is 12.8. The fourth-order valence-corrected chi connectivity index (χ4v) is 1.95. The molecule has 1 aromatic heterocycles. The summed E-state index contributed by atoms with van der Waals surface area (Å²) in [6.07, 6.45) is 2.89. The summed E-state index contributed by atoms with van der Waals surface area (Å²) in [7, 11) is 0. The molecule has 7 heteroatoms. The van der Waals surface area contributed by atoms with Crippen LogP contribution in [0, 0.1) is 10.1 Å². The van der Waals surface area contributed by atoms with E-state index < -0.39 is 10.9 Å². The molecular formula is C14H8N2O5. The van der Waals surface area contributed by atoms with Gasteiger partial charge in [-0.1, -0.05) is 17.3 Å². The standard InChI is InChI=1S/C14H8N2O5/c17-14-11(8-9-4-3-7-20-9)13(15-21-14)10-5-1-2-6-12(10)16(18)19/h1-8H. The van der Waals surface area contributed by atoms with Crippen LogP contribution in [0.3, 0.4) is 0 Å². The van der Waals surface area contributed by atoms with E-state index in [-0.39, 0.29) is 22.5 Å². The van der Waals surface area contributed by atoms with E-state index in [4.69, 9.17) is 4.42 Å². The number of hydrogen-bond acceptors (Lipinski definition) is 6. The zero-order valence-electron chi connectivity index (χ0n) is 10.6. The number of carbonyl (C=O) groups is 1. The Morgan fingerprint density at radius 2 is 2.00 bits per heavy atom. The van der Waals surface area contributed by atoms with Gasteiger partial charge in [0.05, 0.1) is 22.3 Å². The highest BCUT2D eigenvalue weighted by molar-refractivity contribution is 6.32. The topological polar surface area (TPSA) is 94.9 Å². The van der Waals surface area contributed by atoms with Crippen molar-refractivity contribution < 1.29 is 19.0 Å². The molecule has 0 fully saturated rings. The first-order valence-electron chi connectivity index (χ1n) is 5.95. The molecule has 0 saturated heterocycles. The molecular weight excluding hydrogens is 276 g/mol. The summed E-state index contributed by atoms with van der Waals surface area (Å²) in [5, 5.41) is 14.7. The smallest absolute Gasteiger partial charge is 0.368 e. The maximum atomic E-state index is 11.7. The molecule has 21 heavy (non-hydrogen) atoms. The molecule has 0 aliphatic carbocycles. The zero-order chi connectivity index (χ0) is 14.8. The van der Waals surface area contributed by atoms with Gasteiger partial charge in [0.2, 0.25) is 0 Å². The van der Waals surface area contributed by atoms with Crippen molar-refractivity contribution in [3.63, 3.8) is 0 Å². The number of nitrogens with zero attached hydrogens (tertiary/aromatic N) is 2. The number of oxime groups is 1.